The number of hydrogen-bond acceptors (Lipinski definition) is 6. The zero-order valence-electron chi connectivity index (χ0n) is 12.2. The first kappa shape index (κ1) is 15.0. The highest BCUT2D eigenvalue weighted by atomic mass is 16.7. The monoisotopic (exact) mass is 306 g/mol. The van der Waals surface area contributed by atoms with Crippen LogP contribution in [0.2, 0.25) is 0 Å². The van der Waals surface area contributed by atoms with Gasteiger partial charge in [-0.1, -0.05) is 6.07 Å². The van der Waals surface area contributed by atoms with Crippen molar-refractivity contribution < 1.29 is 28.5 Å². The molecule has 0 aliphatic carbocycles. The predicted octanol–water partition coefficient (Wildman–Crippen LogP) is 2.27. The van der Waals surface area contributed by atoms with Gasteiger partial charge in [-0.15, -0.1) is 0 Å². The Morgan fingerprint density at radius 2 is 1.41 bits per heavy atom. The molecule has 2 heterocycles. The molecular formula is C16H18O6. The van der Waals surface area contributed by atoms with Crippen molar-refractivity contribution >= 4 is 11.9 Å². The minimum absolute atomic E-state index is 0.303. The standard InChI is InChI=1S/C16H18O6/c17-15(21-13-6-2-8-19-13)11-4-1-5-12(10-11)16(18)22-14-7-3-9-20-14/h1,4-5,10,13-14H,2-3,6-9H2. The first-order chi connectivity index (χ1) is 10.7. The molecule has 6 nitrogen and oxygen atoms in total. The van der Waals surface area contributed by atoms with Crippen LogP contribution < -0.4 is 0 Å². The third kappa shape index (κ3) is 3.64. The second-order valence-corrected chi connectivity index (χ2v) is 5.28. The van der Waals surface area contributed by atoms with Crippen LogP contribution in [0, 0.1) is 0 Å². The zero-order valence-corrected chi connectivity index (χ0v) is 12.2. The van der Waals surface area contributed by atoms with Gasteiger partial charge in [0.1, 0.15) is 0 Å². The third-order valence-corrected chi connectivity index (χ3v) is 3.59. The van der Waals surface area contributed by atoms with Crippen LogP contribution in [0.15, 0.2) is 24.3 Å². The molecule has 0 aromatic heterocycles. The summed E-state index contributed by atoms with van der Waals surface area (Å²) >= 11 is 0. The van der Waals surface area contributed by atoms with Gasteiger partial charge in [-0.25, -0.2) is 9.59 Å². The van der Waals surface area contributed by atoms with Crippen molar-refractivity contribution in [2.75, 3.05) is 13.2 Å². The minimum Gasteiger partial charge on any atom is -0.432 e. The topological polar surface area (TPSA) is 71.1 Å². The van der Waals surface area contributed by atoms with E-state index in [0.717, 1.165) is 12.8 Å². The first-order valence-electron chi connectivity index (χ1n) is 7.47. The Bertz CT molecular complexity index is 498. The Balaban J connectivity index is 1.63. The summed E-state index contributed by atoms with van der Waals surface area (Å²) in [6, 6.07) is 6.28. The predicted molar refractivity (Wildman–Crippen MR) is 75.2 cm³/mol. The molecular weight excluding hydrogens is 288 g/mol. The van der Waals surface area contributed by atoms with Gasteiger partial charge in [0.05, 0.1) is 24.3 Å². The second kappa shape index (κ2) is 6.89. The molecule has 118 valence electrons. The number of esters is 2. The molecule has 2 aliphatic rings. The number of carbonyl (C=O) groups is 2. The van der Waals surface area contributed by atoms with Crippen LogP contribution in [0.5, 0.6) is 0 Å². The highest BCUT2D eigenvalue weighted by Gasteiger charge is 2.23. The second-order valence-electron chi connectivity index (χ2n) is 5.28. The summed E-state index contributed by atoms with van der Waals surface area (Å²) in [7, 11) is 0. The first-order valence-corrected chi connectivity index (χ1v) is 7.47. The lowest BCUT2D eigenvalue weighted by molar-refractivity contribution is -0.0777. The normalized spacial score (nSPS) is 24.2. The summed E-state index contributed by atoms with van der Waals surface area (Å²) in [6.07, 6.45) is 2.18. The Morgan fingerprint density at radius 3 is 1.82 bits per heavy atom. The van der Waals surface area contributed by atoms with Gasteiger partial charge in [0.2, 0.25) is 12.6 Å². The average Bonchev–Trinajstić information content (AvgIpc) is 3.21. The SMILES string of the molecule is O=C(OC1CCCO1)c1cccc(C(=O)OC2CCCO2)c1. The van der Waals surface area contributed by atoms with Crippen LogP contribution in [0.4, 0.5) is 0 Å². The maximum absolute atomic E-state index is 12.0. The highest BCUT2D eigenvalue weighted by molar-refractivity contribution is 5.95. The molecule has 2 saturated heterocycles. The molecule has 0 amide bonds. The molecule has 0 spiro atoms. The van der Waals surface area contributed by atoms with Crippen LogP contribution >= 0.6 is 0 Å². The maximum atomic E-state index is 12.0. The molecule has 6 heteroatoms. The van der Waals surface area contributed by atoms with Crippen molar-refractivity contribution in [3.8, 4) is 0 Å². The molecule has 0 N–H and O–H groups in total. The van der Waals surface area contributed by atoms with Crippen molar-refractivity contribution in [1.29, 1.82) is 0 Å². The Morgan fingerprint density at radius 1 is 0.909 bits per heavy atom. The van der Waals surface area contributed by atoms with Crippen molar-refractivity contribution in [3.63, 3.8) is 0 Å². The molecule has 2 unspecified atom stereocenters. The fourth-order valence-corrected chi connectivity index (χ4v) is 2.43. The molecule has 22 heavy (non-hydrogen) atoms. The van der Waals surface area contributed by atoms with Gasteiger partial charge in [-0.2, -0.15) is 0 Å². The number of carbonyl (C=O) groups excluding carboxylic acids is 2. The van der Waals surface area contributed by atoms with Crippen LogP contribution in [-0.2, 0) is 18.9 Å². The zero-order chi connectivity index (χ0) is 15.4. The minimum atomic E-state index is -0.501. The molecule has 1 aromatic carbocycles. The molecule has 0 radical (unpaired) electrons. The van der Waals surface area contributed by atoms with Gasteiger partial charge in [-0.3, -0.25) is 0 Å². The van der Waals surface area contributed by atoms with E-state index in [-0.39, 0.29) is 0 Å². The van der Waals surface area contributed by atoms with Gasteiger partial charge in [-0.05, 0) is 31.0 Å². The third-order valence-electron chi connectivity index (χ3n) is 3.59. The quantitative estimate of drug-likeness (QED) is 0.795. The summed E-state index contributed by atoms with van der Waals surface area (Å²) in [6.45, 7) is 1.21. The van der Waals surface area contributed by atoms with Gasteiger partial charge >= 0.3 is 11.9 Å². The lowest BCUT2D eigenvalue weighted by atomic mass is 10.1. The molecule has 3 rings (SSSR count). The van der Waals surface area contributed by atoms with Crippen LogP contribution in [-0.4, -0.2) is 37.7 Å². The fraction of sp³-hybridized carbons (Fsp3) is 0.500. The Labute approximate surface area is 128 Å². The number of rotatable bonds is 4. The molecule has 0 bridgehead atoms. The average molecular weight is 306 g/mol. The molecule has 1 aromatic rings. The van der Waals surface area contributed by atoms with Crippen LogP contribution in [0.3, 0.4) is 0 Å². The largest absolute Gasteiger partial charge is 0.432 e. The highest BCUT2D eigenvalue weighted by Crippen LogP contribution is 2.18. The summed E-state index contributed by atoms with van der Waals surface area (Å²) in [5, 5.41) is 0. The lowest BCUT2D eigenvalue weighted by Gasteiger charge is -2.13. The smallest absolute Gasteiger partial charge is 0.340 e. The Kier molecular flexibility index (Phi) is 4.70. The number of benzene rings is 1. The molecule has 2 atom stereocenters. The fourth-order valence-electron chi connectivity index (χ4n) is 2.43. The summed E-state index contributed by atoms with van der Waals surface area (Å²) in [5.41, 5.74) is 0.606. The van der Waals surface area contributed by atoms with Crippen molar-refractivity contribution in [3.05, 3.63) is 35.4 Å². The lowest BCUT2D eigenvalue weighted by Crippen LogP contribution is -2.19. The summed E-state index contributed by atoms with van der Waals surface area (Å²) in [4.78, 5) is 24.1. The van der Waals surface area contributed by atoms with E-state index >= 15 is 0 Å². The van der Waals surface area contributed by atoms with Crippen molar-refractivity contribution in [2.24, 2.45) is 0 Å². The van der Waals surface area contributed by atoms with Gasteiger partial charge in [0, 0.05) is 12.8 Å². The van der Waals surface area contributed by atoms with Crippen molar-refractivity contribution in [2.45, 2.75) is 38.3 Å². The summed E-state index contributed by atoms with van der Waals surface area (Å²) < 4.78 is 21.0. The molecule has 2 fully saturated rings. The van der Waals surface area contributed by atoms with Gasteiger partial charge in [0.25, 0.3) is 0 Å². The van der Waals surface area contributed by atoms with E-state index < -0.39 is 24.5 Å². The van der Waals surface area contributed by atoms with E-state index in [0.29, 0.717) is 37.2 Å². The van der Waals surface area contributed by atoms with E-state index in [1.807, 2.05) is 0 Å². The van der Waals surface area contributed by atoms with E-state index in [9.17, 15) is 9.59 Å². The van der Waals surface area contributed by atoms with Gasteiger partial charge in [0.15, 0.2) is 0 Å². The maximum Gasteiger partial charge on any atom is 0.340 e. The van der Waals surface area contributed by atoms with E-state index in [1.165, 1.54) is 6.07 Å². The van der Waals surface area contributed by atoms with Crippen LogP contribution in [0.1, 0.15) is 46.4 Å². The van der Waals surface area contributed by atoms with Gasteiger partial charge < -0.3 is 18.9 Å². The van der Waals surface area contributed by atoms with E-state index in [1.54, 1.807) is 18.2 Å². The number of ether oxygens (including phenoxy) is 4. The van der Waals surface area contributed by atoms with E-state index in [2.05, 4.69) is 0 Å². The molecule has 2 aliphatic heterocycles. The molecule has 0 saturated carbocycles. The van der Waals surface area contributed by atoms with Crippen LogP contribution in [0.25, 0.3) is 0 Å². The summed E-state index contributed by atoms with van der Waals surface area (Å²) in [5.74, 6) is -1.00. The Hall–Kier alpha value is -1.92. The number of hydrogen-bond donors (Lipinski definition) is 0. The van der Waals surface area contributed by atoms with E-state index in [4.69, 9.17) is 18.9 Å². The van der Waals surface area contributed by atoms with Crippen molar-refractivity contribution in [1.82, 2.24) is 0 Å².